The van der Waals surface area contributed by atoms with Crippen molar-refractivity contribution in [3.63, 3.8) is 0 Å². The highest BCUT2D eigenvalue weighted by atomic mass is 16.5. The van der Waals surface area contributed by atoms with E-state index in [-0.39, 0.29) is 17.4 Å². The Hall–Kier alpha value is -1.40. The van der Waals surface area contributed by atoms with Gasteiger partial charge in [0.2, 0.25) is 11.8 Å². The first-order valence-electron chi connectivity index (χ1n) is 9.49. The van der Waals surface area contributed by atoms with Gasteiger partial charge in [-0.2, -0.15) is 0 Å². The normalized spacial score (nSPS) is 23.1. The van der Waals surface area contributed by atoms with Crippen LogP contribution in [0.3, 0.4) is 0 Å². The van der Waals surface area contributed by atoms with E-state index in [2.05, 4.69) is 36.1 Å². The number of hydrogen-bond acceptors (Lipinski definition) is 5. The Labute approximate surface area is 150 Å². The highest BCUT2D eigenvalue weighted by Crippen LogP contribution is 2.25. The number of rotatable bonds is 5. The number of nitrogens with zero attached hydrogens (tertiary/aromatic N) is 2. The zero-order chi connectivity index (χ0) is 17.9. The SMILES string of the molecule is CC(C)(C)Cc1cc(NC(=O)C2CCCN2CC2CCOCC2)on1. The molecule has 1 amide bonds. The van der Waals surface area contributed by atoms with E-state index in [0.29, 0.717) is 11.8 Å². The maximum absolute atomic E-state index is 12.7. The van der Waals surface area contributed by atoms with E-state index in [4.69, 9.17) is 9.26 Å². The Morgan fingerprint density at radius 1 is 1.32 bits per heavy atom. The molecule has 0 radical (unpaired) electrons. The van der Waals surface area contributed by atoms with E-state index >= 15 is 0 Å². The van der Waals surface area contributed by atoms with Gasteiger partial charge in [-0.3, -0.25) is 15.0 Å². The molecule has 140 valence electrons. The molecule has 3 rings (SSSR count). The van der Waals surface area contributed by atoms with Crippen LogP contribution in [-0.4, -0.2) is 48.3 Å². The number of hydrogen-bond donors (Lipinski definition) is 1. The highest BCUT2D eigenvalue weighted by molar-refractivity contribution is 5.93. The number of nitrogens with one attached hydrogen (secondary N) is 1. The van der Waals surface area contributed by atoms with Gasteiger partial charge in [0.05, 0.1) is 11.7 Å². The molecule has 2 aliphatic heterocycles. The summed E-state index contributed by atoms with van der Waals surface area (Å²) in [4.78, 5) is 15.0. The van der Waals surface area contributed by atoms with Crippen LogP contribution in [0.4, 0.5) is 5.88 Å². The van der Waals surface area contributed by atoms with Crippen LogP contribution in [0.15, 0.2) is 10.6 Å². The van der Waals surface area contributed by atoms with Gasteiger partial charge >= 0.3 is 0 Å². The smallest absolute Gasteiger partial charge is 0.244 e. The maximum atomic E-state index is 12.7. The molecule has 1 atom stereocenters. The molecule has 3 heterocycles. The minimum atomic E-state index is -0.0565. The largest absolute Gasteiger partial charge is 0.381 e. The van der Waals surface area contributed by atoms with E-state index < -0.39 is 0 Å². The molecule has 25 heavy (non-hydrogen) atoms. The van der Waals surface area contributed by atoms with Gasteiger partial charge in [-0.1, -0.05) is 25.9 Å². The molecule has 0 aromatic carbocycles. The van der Waals surface area contributed by atoms with Gasteiger partial charge in [-0.05, 0) is 50.0 Å². The number of ether oxygens (including phenoxy) is 1. The van der Waals surface area contributed by atoms with Crippen LogP contribution in [0.1, 0.15) is 52.1 Å². The summed E-state index contributed by atoms with van der Waals surface area (Å²) in [6.45, 7) is 10.2. The van der Waals surface area contributed by atoms with Gasteiger partial charge in [0.1, 0.15) is 0 Å². The molecular formula is C19H31N3O3. The second-order valence-corrected chi connectivity index (χ2v) is 8.62. The lowest BCUT2D eigenvalue weighted by Gasteiger charge is -2.30. The Bertz CT molecular complexity index is 573. The predicted molar refractivity (Wildman–Crippen MR) is 96.4 cm³/mol. The summed E-state index contributed by atoms with van der Waals surface area (Å²) in [5.74, 6) is 1.14. The van der Waals surface area contributed by atoms with Crippen molar-refractivity contribution in [2.45, 2.75) is 58.9 Å². The van der Waals surface area contributed by atoms with Crippen molar-refractivity contribution in [1.82, 2.24) is 10.1 Å². The molecule has 0 spiro atoms. The first kappa shape index (κ1) is 18.4. The van der Waals surface area contributed by atoms with Crippen molar-refractivity contribution in [1.29, 1.82) is 0 Å². The molecule has 1 aromatic heterocycles. The quantitative estimate of drug-likeness (QED) is 0.885. The molecule has 0 saturated carbocycles. The predicted octanol–water partition coefficient (Wildman–Crippen LogP) is 3.09. The number of amides is 1. The van der Waals surface area contributed by atoms with E-state index in [1.54, 1.807) is 0 Å². The van der Waals surface area contributed by atoms with Crippen molar-refractivity contribution in [2.24, 2.45) is 11.3 Å². The summed E-state index contributed by atoms with van der Waals surface area (Å²) in [6, 6.07) is 1.79. The molecule has 1 aromatic rings. The lowest BCUT2D eigenvalue weighted by atomic mass is 9.91. The number of likely N-dealkylation sites (tertiary alicyclic amines) is 1. The molecule has 6 heteroatoms. The van der Waals surface area contributed by atoms with Gasteiger partial charge in [0.25, 0.3) is 0 Å². The summed E-state index contributed by atoms with van der Waals surface area (Å²) in [6.07, 6.45) is 5.02. The Balaban J connectivity index is 1.54. The van der Waals surface area contributed by atoms with E-state index in [1.165, 1.54) is 0 Å². The fourth-order valence-electron chi connectivity index (χ4n) is 3.80. The van der Waals surface area contributed by atoms with E-state index in [9.17, 15) is 4.79 Å². The van der Waals surface area contributed by atoms with Crippen molar-refractivity contribution in [3.8, 4) is 0 Å². The molecule has 2 aliphatic rings. The number of aromatic nitrogens is 1. The first-order chi connectivity index (χ1) is 11.9. The fraction of sp³-hybridized carbons (Fsp3) is 0.789. The molecule has 1 N–H and O–H groups in total. The molecule has 1 unspecified atom stereocenters. The van der Waals surface area contributed by atoms with Crippen molar-refractivity contribution >= 4 is 11.8 Å². The van der Waals surface area contributed by atoms with Crippen LogP contribution in [0.25, 0.3) is 0 Å². The molecule has 2 saturated heterocycles. The molecule has 6 nitrogen and oxygen atoms in total. The van der Waals surface area contributed by atoms with E-state index in [1.807, 2.05) is 6.07 Å². The Morgan fingerprint density at radius 3 is 2.80 bits per heavy atom. The molecule has 2 fully saturated rings. The molecular weight excluding hydrogens is 318 g/mol. The van der Waals surface area contributed by atoms with E-state index in [0.717, 1.165) is 64.1 Å². The summed E-state index contributed by atoms with van der Waals surface area (Å²) >= 11 is 0. The maximum Gasteiger partial charge on any atom is 0.244 e. The second kappa shape index (κ2) is 7.87. The van der Waals surface area contributed by atoms with Crippen molar-refractivity contribution in [3.05, 3.63) is 11.8 Å². The summed E-state index contributed by atoms with van der Waals surface area (Å²) in [5, 5.41) is 7.00. The fourth-order valence-corrected chi connectivity index (χ4v) is 3.80. The lowest BCUT2D eigenvalue weighted by Crippen LogP contribution is -2.42. The lowest BCUT2D eigenvalue weighted by molar-refractivity contribution is -0.120. The van der Waals surface area contributed by atoms with Gasteiger partial charge < -0.3 is 9.26 Å². The van der Waals surface area contributed by atoms with Crippen LogP contribution in [-0.2, 0) is 16.0 Å². The van der Waals surface area contributed by atoms with Gasteiger partial charge in [-0.25, -0.2) is 0 Å². The van der Waals surface area contributed by atoms with Gasteiger partial charge in [0, 0.05) is 25.8 Å². The first-order valence-corrected chi connectivity index (χ1v) is 9.49. The highest BCUT2D eigenvalue weighted by Gasteiger charge is 2.33. The van der Waals surface area contributed by atoms with Gasteiger partial charge in [0.15, 0.2) is 0 Å². The van der Waals surface area contributed by atoms with Crippen molar-refractivity contribution in [2.75, 3.05) is 31.6 Å². The summed E-state index contributed by atoms with van der Waals surface area (Å²) in [5.41, 5.74) is 1.03. The molecule has 0 aliphatic carbocycles. The zero-order valence-corrected chi connectivity index (χ0v) is 15.7. The Morgan fingerprint density at radius 2 is 2.08 bits per heavy atom. The Kier molecular flexibility index (Phi) is 5.79. The third kappa shape index (κ3) is 5.28. The average Bonchev–Trinajstić information content (AvgIpc) is 3.16. The van der Waals surface area contributed by atoms with Crippen LogP contribution in [0.5, 0.6) is 0 Å². The van der Waals surface area contributed by atoms with Gasteiger partial charge in [-0.15, -0.1) is 0 Å². The number of carbonyl (C=O) groups excluding carboxylic acids is 1. The number of carbonyl (C=O) groups is 1. The second-order valence-electron chi connectivity index (χ2n) is 8.62. The van der Waals surface area contributed by atoms with Crippen LogP contribution >= 0.6 is 0 Å². The standard InChI is InChI=1S/C19H31N3O3/c1-19(2,3)12-15-11-17(25-21-15)20-18(23)16-5-4-8-22(16)13-14-6-9-24-10-7-14/h11,14,16H,4-10,12-13H2,1-3H3,(H,20,23). The minimum Gasteiger partial charge on any atom is -0.381 e. The van der Waals surface area contributed by atoms with Crippen LogP contribution in [0, 0.1) is 11.3 Å². The van der Waals surface area contributed by atoms with Crippen molar-refractivity contribution < 1.29 is 14.1 Å². The molecule has 0 bridgehead atoms. The minimum absolute atomic E-state index is 0.0306. The topological polar surface area (TPSA) is 67.6 Å². The third-order valence-electron chi connectivity index (χ3n) is 5.02. The number of anilines is 1. The summed E-state index contributed by atoms with van der Waals surface area (Å²) < 4.78 is 10.7. The monoisotopic (exact) mass is 349 g/mol. The zero-order valence-electron chi connectivity index (χ0n) is 15.7. The average molecular weight is 349 g/mol. The third-order valence-corrected chi connectivity index (χ3v) is 5.02. The summed E-state index contributed by atoms with van der Waals surface area (Å²) in [7, 11) is 0. The van der Waals surface area contributed by atoms with Crippen LogP contribution in [0.2, 0.25) is 0 Å². The van der Waals surface area contributed by atoms with Crippen LogP contribution < -0.4 is 5.32 Å².